The Morgan fingerprint density at radius 1 is 1.00 bits per heavy atom. The normalized spacial score (nSPS) is 12.8. The minimum Gasteiger partial charge on any atom is -0.473 e. The fourth-order valence-corrected chi connectivity index (χ4v) is 0.368. The van der Waals surface area contributed by atoms with Crippen LogP contribution in [0.3, 0.4) is 0 Å². The molecule has 0 aliphatic carbocycles. The minimum atomic E-state index is 0.417. The van der Waals surface area contributed by atoms with Gasteiger partial charge in [-0.15, -0.1) is 10.2 Å². The molecule has 0 unspecified atom stereocenters. The number of nitrogens with zero attached hydrogens (tertiary/aromatic N) is 4. The average Bonchev–Trinajstić information content (AvgIpc) is 2.67. The fourth-order valence-electron chi connectivity index (χ4n) is 0.368. The van der Waals surface area contributed by atoms with E-state index in [9.17, 15) is 0 Å². The Labute approximate surface area is 57.5 Å². The summed E-state index contributed by atoms with van der Waals surface area (Å²) in [6.45, 7) is 0.417. The molecule has 1 aromatic heterocycles. The molecule has 0 radical (unpaired) electrons. The topological polar surface area (TPSA) is 62.6 Å². The molecule has 0 saturated heterocycles. The van der Waals surface area contributed by atoms with E-state index < -0.39 is 0 Å². The van der Waals surface area contributed by atoms with Crippen LogP contribution in [-0.2, 0) is 0 Å². The first-order chi connectivity index (χ1) is 5.00. The van der Waals surface area contributed by atoms with Gasteiger partial charge in [-0.1, -0.05) is 0 Å². The molecular weight excluding hydrogens is 132 g/mol. The molecule has 0 atom stereocenters. The van der Waals surface area contributed by atoms with E-state index in [4.69, 9.17) is 0 Å². The lowest BCUT2D eigenvalue weighted by Gasteiger charge is -1.52. The summed E-state index contributed by atoms with van der Waals surface area (Å²) in [7, 11) is 0. The summed E-state index contributed by atoms with van der Waals surface area (Å²) < 4.78 is 4.58. The standard InChI is InChI=1S/C4H4O.CH2N4/c2*1-2-4-5-3-1/h1-4H;1H2. The lowest BCUT2D eigenvalue weighted by Crippen LogP contribution is -1.52. The van der Waals surface area contributed by atoms with Gasteiger partial charge in [-0.25, -0.2) is 0 Å². The van der Waals surface area contributed by atoms with Crippen molar-refractivity contribution in [1.29, 1.82) is 0 Å². The lowest BCUT2D eigenvalue weighted by atomic mass is 10.7. The van der Waals surface area contributed by atoms with Crippen molar-refractivity contribution in [3.63, 3.8) is 0 Å². The van der Waals surface area contributed by atoms with Gasteiger partial charge in [0.2, 0.25) is 0 Å². The van der Waals surface area contributed by atoms with Gasteiger partial charge in [-0.05, 0) is 22.6 Å². The Bertz CT molecular complexity index is 176. The molecule has 10 heavy (non-hydrogen) atoms. The maximum Gasteiger partial charge on any atom is 0.175 e. The van der Waals surface area contributed by atoms with E-state index in [1.165, 1.54) is 0 Å². The molecule has 0 bridgehead atoms. The van der Waals surface area contributed by atoms with E-state index in [-0.39, 0.29) is 0 Å². The van der Waals surface area contributed by atoms with Crippen molar-refractivity contribution in [2.75, 3.05) is 6.67 Å². The SMILES string of the molecule is C1N=NN=N1.c1ccoc1. The molecule has 1 aliphatic heterocycles. The highest BCUT2D eigenvalue weighted by atomic mass is 16.3. The summed E-state index contributed by atoms with van der Waals surface area (Å²) in [5.74, 6) is 0. The fraction of sp³-hybridized carbons (Fsp3) is 0.200. The third kappa shape index (κ3) is 2.71. The molecule has 5 heteroatoms. The molecule has 5 nitrogen and oxygen atoms in total. The van der Waals surface area contributed by atoms with Gasteiger partial charge in [0, 0.05) is 0 Å². The maximum absolute atomic E-state index is 4.58. The second-order valence-corrected chi connectivity index (χ2v) is 1.40. The summed E-state index contributed by atoms with van der Waals surface area (Å²) in [6, 6.07) is 3.67. The molecule has 1 aliphatic rings. The second kappa shape index (κ2) is 4.37. The van der Waals surface area contributed by atoms with Crippen LogP contribution in [0, 0.1) is 0 Å². The van der Waals surface area contributed by atoms with Gasteiger partial charge in [0.15, 0.2) is 6.67 Å². The number of hydrogen-bond acceptors (Lipinski definition) is 5. The molecular formula is C5H6N4O. The Hall–Kier alpha value is -1.52. The molecule has 0 spiro atoms. The van der Waals surface area contributed by atoms with Crippen LogP contribution >= 0.6 is 0 Å². The van der Waals surface area contributed by atoms with Crippen LogP contribution in [0.25, 0.3) is 0 Å². The zero-order chi connectivity index (χ0) is 7.07. The van der Waals surface area contributed by atoms with Crippen LogP contribution in [0.1, 0.15) is 0 Å². The first-order valence-electron chi connectivity index (χ1n) is 2.70. The van der Waals surface area contributed by atoms with Gasteiger partial charge < -0.3 is 4.42 Å². The van der Waals surface area contributed by atoms with Gasteiger partial charge in [-0.2, -0.15) is 0 Å². The first-order valence-corrected chi connectivity index (χ1v) is 2.70. The summed E-state index contributed by atoms with van der Waals surface area (Å²) in [4.78, 5) is 0. The van der Waals surface area contributed by atoms with Crippen molar-refractivity contribution in [2.24, 2.45) is 20.7 Å². The van der Waals surface area contributed by atoms with Crippen molar-refractivity contribution >= 4 is 0 Å². The predicted molar refractivity (Wildman–Crippen MR) is 33.3 cm³/mol. The van der Waals surface area contributed by atoms with Crippen molar-refractivity contribution in [1.82, 2.24) is 0 Å². The van der Waals surface area contributed by atoms with Crippen LogP contribution in [0.15, 0.2) is 49.8 Å². The molecule has 0 fully saturated rings. The second-order valence-electron chi connectivity index (χ2n) is 1.40. The Kier molecular flexibility index (Phi) is 2.88. The van der Waals surface area contributed by atoms with Gasteiger partial charge in [0.05, 0.1) is 12.5 Å². The number of furan rings is 1. The largest absolute Gasteiger partial charge is 0.473 e. The maximum atomic E-state index is 4.58. The van der Waals surface area contributed by atoms with E-state index in [0.29, 0.717) is 6.67 Å². The van der Waals surface area contributed by atoms with Gasteiger partial charge >= 0.3 is 0 Å². The van der Waals surface area contributed by atoms with Crippen molar-refractivity contribution < 1.29 is 4.42 Å². The van der Waals surface area contributed by atoms with Crippen molar-refractivity contribution in [3.8, 4) is 0 Å². The molecule has 2 heterocycles. The quantitative estimate of drug-likeness (QED) is 0.541. The highest BCUT2D eigenvalue weighted by molar-refractivity contribution is 4.79. The van der Waals surface area contributed by atoms with Crippen LogP contribution in [0.4, 0.5) is 0 Å². The van der Waals surface area contributed by atoms with Crippen LogP contribution in [-0.4, -0.2) is 6.67 Å². The van der Waals surface area contributed by atoms with E-state index in [0.717, 1.165) is 0 Å². The predicted octanol–water partition coefficient (Wildman–Crippen LogP) is 2.06. The summed E-state index contributed by atoms with van der Waals surface area (Å²) in [5.41, 5.74) is 0. The third-order valence-corrected chi connectivity index (χ3v) is 0.718. The molecule has 1 aromatic rings. The Balaban J connectivity index is 0.0000001000. The van der Waals surface area contributed by atoms with Gasteiger partial charge in [0.1, 0.15) is 0 Å². The summed E-state index contributed by atoms with van der Waals surface area (Å²) in [6.07, 6.45) is 3.25. The minimum absolute atomic E-state index is 0.417. The van der Waals surface area contributed by atoms with Gasteiger partial charge in [0.25, 0.3) is 0 Å². The van der Waals surface area contributed by atoms with Crippen LogP contribution in [0.5, 0.6) is 0 Å². The van der Waals surface area contributed by atoms with E-state index in [1.807, 2.05) is 12.1 Å². The Morgan fingerprint density at radius 3 is 1.80 bits per heavy atom. The molecule has 0 saturated carbocycles. The molecule has 0 amide bonds. The number of rotatable bonds is 0. The van der Waals surface area contributed by atoms with Crippen molar-refractivity contribution in [3.05, 3.63) is 24.7 Å². The summed E-state index contributed by atoms with van der Waals surface area (Å²) >= 11 is 0. The van der Waals surface area contributed by atoms with E-state index >= 15 is 0 Å². The molecule has 2 rings (SSSR count). The third-order valence-electron chi connectivity index (χ3n) is 0.718. The highest BCUT2D eigenvalue weighted by Gasteiger charge is 1.76. The lowest BCUT2D eigenvalue weighted by molar-refractivity contribution is 0.567. The average molecular weight is 138 g/mol. The van der Waals surface area contributed by atoms with E-state index in [2.05, 4.69) is 25.1 Å². The first kappa shape index (κ1) is 6.60. The smallest absolute Gasteiger partial charge is 0.175 e. The zero-order valence-corrected chi connectivity index (χ0v) is 5.21. The zero-order valence-electron chi connectivity index (χ0n) is 5.21. The monoisotopic (exact) mass is 138 g/mol. The summed E-state index contributed by atoms with van der Waals surface area (Å²) in [5, 5.41) is 13.1. The van der Waals surface area contributed by atoms with Crippen LogP contribution in [0.2, 0.25) is 0 Å². The van der Waals surface area contributed by atoms with E-state index in [1.54, 1.807) is 12.5 Å². The molecule has 0 N–H and O–H groups in total. The molecule has 0 aromatic carbocycles. The van der Waals surface area contributed by atoms with Crippen molar-refractivity contribution in [2.45, 2.75) is 0 Å². The van der Waals surface area contributed by atoms with Crippen LogP contribution < -0.4 is 0 Å². The molecule has 52 valence electrons. The Morgan fingerprint density at radius 2 is 1.60 bits per heavy atom. The highest BCUT2D eigenvalue weighted by Crippen LogP contribution is 1.87. The van der Waals surface area contributed by atoms with Gasteiger partial charge in [-0.3, -0.25) is 0 Å². The number of hydrogen-bond donors (Lipinski definition) is 0.